The van der Waals surface area contributed by atoms with Gasteiger partial charge in [0.25, 0.3) is 0 Å². The van der Waals surface area contributed by atoms with Gasteiger partial charge in [0.15, 0.2) is 0 Å². The van der Waals surface area contributed by atoms with Crippen LogP contribution in [0.4, 0.5) is 0 Å². The minimum atomic E-state index is -0.687. The van der Waals surface area contributed by atoms with Crippen LogP contribution in [0.25, 0.3) is 0 Å². The van der Waals surface area contributed by atoms with Crippen molar-refractivity contribution in [2.45, 2.75) is 42.2 Å². The van der Waals surface area contributed by atoms with Crippen molar-refractivity contribution < 1.29 is 29.0 Å². The Bertz CT molecular complexity index is 732. The maximum Gasteiger partial charge on any atom is 0.311 e. The molecule has 2 N–H and O–H groups in total. The van der Waals surface area contributed by atoms with Crippen LogP contribution in [-0.4, -0.2) is 107 Å². The molecule has 4 aliphatic rings. The molecule has 0 aromatic rings. The molecule has 0 aliphatic carbocycles. The van der Waals surface area contributed by atoms with Crippen molar-refractivity contribution in [3.8, 4) is 0 Å². The van der Waals surface area contributed by atoms with Crippen LogP contribution in [0.1, 0.15) is 26.7 Å². The third kappa shape index (κ3) is 3.75. The molecule has 4 aliphatic heterocycles. The van der Waals surface area contributed by atoms with Gasteiger partial charge < -0.3 is 24.8 Å². The van der Waals surface area contributed by atoms with Crippen LogP contribution < -0.4 is 5.32 Å². The van der Waals surface area contributed by atoms with E-state index in [0.29, 0.717) is 26.2 Å². The third-order valence-corrected chi connectivity index (χ3v) is 9.22. The molecule has 174 valence electrons. The van der Waals surface area contributed by atoms with Crippen molar-refractivity contribution in [2.24, 2.45) is 11.8 Å². The highest BCUT2D eigenvalue weighted by Gasteiger charge is 2.77. The van der Waals surface area contributed by atoms with E-state index in [1.165, 1.54) is 4.90 Å². The van der Waals surface area contributed by atoms with Crippen molar-refractivity contribution in [3.05, 3.63) is 0 Å². The molecular weight excluding hydrogens is 422 g/mol. The van der Waals surface area contributed by atoms with E-state index in [0.717, 1.165) is 26.1 Å². The van der Waals surface area contributed by atoms with Gasteiger partial charge in [0.05, 0.1) is 43.0 Å². The summed E-state index contributed by atoms with van der Waals surface area (Å²) in [6.07, 6.45) is 1.46. The minimum absolute atomic E-state index is 0.0887. The number of morpholine rings is 1. The number of esters is 1. The Balaban J connectivity index is 1.54. The number of likely N-dealkylation sites (tertiary alicyclic amines) is 1. The van der Waals surface area contributed by atoms with Gasteiger partial charge in [-0.1, -0.05) is 0 Å². The number of hydrogen-bond donors (Lipinski definition) is 2. The Morgan fingerprint density at radius 1 is 1.29 bits per heavy atom. The highest BCUT2D eigenvalue weighted by molar-refractivity contribution is 8.02. The Hall–Kier alpha value is -1.36. The second-order valence-corrected chi connectivity index (χ2v) is 10.9. The molecule has 1 spiro atoms. The fraction of sp³-hybridized carbons (Fsp3) is 0.857. The highest BCUT2D eigenvalue weighted by atomic mass is 32.2. The maximum atomic E-state index is 13.5. The van der Waals surface area contributed by atoms with E-state index < -0.39 is 27.4 Å². The van der Waals surface area contributed by atoms with Gasteiger partial charge >= 0.3 is 5.97 Å². The predicted molar refractivity (Wildman–Crippen MR) is 114 cm³/mol. The molecular formula is C21H33N3O6S. The van der Waals surface area contributed by atoms with Crippen LogP contribution in [0.3, 0.4) is 0 Å². The Morgan fingerprint density at radius 2 is 2.03 bits per heavy atom. The van der Waals surface area contributed by atoms with E-state index in [1.807, 2.05) is 6.92 Å². The number of nitrogens with zero attached hydrogens (tertiary/aromatic N) is 2. The van der Waals surface area contributed by atoms with Crippen LogP contribution >= 0.6 is 11.8 Å². The largest absolute Gasteiger partial charge is 0.466 e. The zero-order valence-corrected chi connectivity index (χ0v) is 19.1. The molecule has 4 saturated heterocycles. The number of carbonyl (C=O) groups excluding carboxylic acids is 3. The van der Waals surface area contributed by atoms with Crippen LogP contribution in [0, 0.1) is 11.8 Å². The monoisotopic (exact) mass is 455 g/mol. The molecule has 10 heteroatoms. The van der Waals surface area contributed by atoms with Gasteiger partial charge in [-0.2, -0.15) is 0 Å². The van der Waals surface area contributed by atoms with Gasteiger partial charge in [0, 0.05) is 37.5 Å². The number of carbonyl (C=O) groups is 3. The van der Waals surface area contributed by atoms with Crippen LogP contribution in [0.5, 0.6) is 0 Å². The van der Waals surface area contributed by atoms with Gasteiger partial charge in [-0.15, -0.1) is 11.8 Å². The lowest BCUT2D eigenvalue weighted by Gasteiger charge is -2.34. The number of rotatable bonds is 8. The number of ether oxygens (including phenoxy) is 2. The van der Waals surface area contributed by atoms with E-state index >= 15 is 0 Å². The standard InChI is InChI=1S/C21H33N3O6S/c1-3-30-19(28)15-14-18(27)24(8-11-25)16(21(14)5-4-20(15,2)31-21)17(26)22-6-7-23-9-12-29-13-10-23/h14-16,25H,3-13H2,1-2H3,(H,22,26)/t14-,15+,16?,20-,21?/m0/s1. The third-order valence-electron chi connectivity index (χ3n) is 7.24. The van der Waals surface area contributed by atoms with Gasteiger partial charge in [-0.05, 0) is 26.7 Å². The number of aliphatic hydroxyl groups excluding tert-OH is 1. The first kappa shape index (κ1) is 22.8. The van der Waals surface area contributed by atoms with Gasteiger partial charge in [0.1, 0.15) is 6.04 Å². The SMILES string of the molecule is CCOC(=O)[C@H]1[C@H]2C(=O)N(CCO)C(C(=O)NCCN3CCOCC3)C23CC[C@]1(C)S3. The summed E-state index contributed by atoms with van der Waals surface area (Å²) >= 11 is 1.61. The van der Waals surface area contributed by atoms with Crippen LogP contribution in [-0.2, 0) is 23.9 Å². The molecule has 0 saturated carbocycles. The number of thioether (sulfide) groups is 1. The van der Waals surface area contributed by atoms with Crippen molar-refractivity contribution in [1.29, 1.82) is 0 Å². The van der Waals surface area contributed by atoms with E-state index in [2.05, 4.69) is 10.2 Å². The first-order valence-electron chi connectivity index (χ1n) is 11.2. The zero-order chi connectivity index (χ0) is 22.2. The summed E-state index contributed by atoms with van der Waals surface area (Å²) in [4.78, 5) is 43.4. The maximum absolute atomic E-state index is 13.5. The summed E-state index contributed by atoms with van der Waals surface area (Å²) in [7, 11) is 0. The zero-order valence-electron chi connectivity index (χ0n) is 18.3. The second kappa shape index (κ2) is 8.88. The summed E-state index contributed by atoms with van der Waals surface area (Å²) < 4.78 is 9.63. The average Bonchev–Trinajstić information content (AvgIpc) is 3.30. The van der Waals surface area contributed by atoms with E-state index in [-0.39, 0.29) is 37.5 Å². The summed E-state index contributed by atoms with van der Waals surface area (Å²) in [5, 5.41) is 12.6. The molecule has 4 rings (SSSR count). The molecule has 5 atom stereocenters. The van der Waals surface area contributed by atoms with Crippen molar-refractivity contribution in [2.75, 3.05) is 59.2 Å². The minimum Gasteiger partial charge on any atom is -0.466 e. The van der Waals surface area contributed by atoms with Gasteiger partial charge in [0.2, 0.25) is 11.8 Å². The van der Waals surface area contributed by atoms with E-state index in [4.69, 9.17) is 9.47 Å². The summed E-state index contributed by atoms with van der Waals surface area (Å²) in [5.41, 5.74) is 0. The lowest BCUT2D eigenvalue weighted by molar-refractivity contribution is -0.155. The molecule has 2 bridgehead atoms. The summed E-state index contributed by atoms with van der Waals surface area (Å²) in [6.45, 7) is 8.20. The molecule has 2 amide bonds. The fourth-order valence-electron chi connectivity index (χ4n) is 5.92. The molecule has 9 nitrogen and oxygen atoms in total. The molecule has 4 heterocycles. The summed E-state index contributed by atoms with van der Waals surface area (Å²) in [6, 6.07) is -0.687. The van der Waals surface area contributed by atoms with Crippen molar-refractivity contribution >= 4 is 29.5 Å². The average molecular weight is 456 g/mol. The molecule has 0 radical (unpaired) electrons. The number of aliphatic hydroxyl groups is 1. The predicted octanol–water partition coefficient (Wildman–Crippen LogP) is -0.528. The highest BCUT2D eigenvalue weighted by Crippen LogP contribution is 2.71. The smallest absolute Gasteiger partial charge is 0.311 e. The molecule has 2 unspecified atom stereocenters. The number of nitrogens with one attached hydrogen (secondary N) is 1. The fourth-order valence-corrected chi connectivity index (χ4v) is 8.27. The number of fused-ring (bicyclic) bond motifs is 1. The van der Waals surface area contributed by atoms with Crippen molar-refractivity contribution in [3.63, 3.8) is 0 Å². The Kier molecular flexibility index (Phi) is 6.54. The Morgan fingerprint density at radius 3 is 2.71 bits per heavy atom. The topological polar surface area (TPSA) is 108 Å². The van der Waals surface area contributed by atoms with Crippen LogP contribution in [0.15, 0.2) is 0 Å². The molecule has 4 fully saturated rings. The second-order valence-electron chi connectivity index (χ2n) is 8.98. The number of β-amino-alcohol motifs (C(OH)–C–C–N with tert-alkyl or cyclic N) is 1. The van der Waals surface area contributed by atoms with Crippen LogP contribution in [0.2, 0.25) is 0 Å². The van der Waals surface area contributed by atoms with Gasteiger partial charge in [-0.25, -0.2) is 0 Å². The molecule has 0 aromatic heterocycles. The van der Waals surface area contributed by atoms with Gasteiger partial charge in [-0.3, -0.25) is 19.3 Å². The lowest BCUT2D eigenvalue weighted by Crippen LogP contribution is -2.55. The number of hydrogen-bond acceptors (Lipinski definition) is 8. The lowest BCUT2D eigenvalue weighted by atomic mass is 9.66. The molecule has 31 heavy (non-hydrogen) atoms. The Labute approximate surface area is 187 Å². The normalized spacial score (nSPS) is 37.2. The quantitative estimate of drug-likeness (QED) is 0.471. The summed E-state index contributed by atoms with van der Waals surface area (Å²) in [5.74, 6) is -1.91. The van der Waals surface area contributed by atoms with E-state index in [1.54, 1.807) is 18.7 Å². The van der Waals surface area contributed by atoms with Crippen molar-refractivity contribution in [1.82, 2.24) is 15.1 Å². The first-order valence-corrected chi connectivity index (χ1v) is 12.1. The number of amides is 2. The van der Waals surface area contributed by atoms with E-state index in [9.17, 15) is 19.5 Å². The molecule has 0 aromatic carbocycles. The first-order chi connectivity index (χ1) is 14.9.